The third-order valence-electron chi connectivity index (χ3n) is 2.86. The molecule has 1 amide bonds. The standard InChI is InChI=1S/C17H27FN4O2.HI/c1-12(24-14-8-6-13(18)7-9-14)10-20-16(19-5)21-11-15(23)22-17(2,3)4;/h6-9,12H,10-11H2,1-5H3,(H,22,23)(H2,19,20,21);1H. The molecule has 0 aromatic heterocycles. The van der Waals surface area contributed by atoms with Crippen LogP contribution in [0.5, 0.6) is 5.75 Å². The second kappa shape index (κ2) is 11.1. The Labute approximate surface area is 166 Å². The zero-order chi connectivity index (χ0) is 18.2. The molecule has 142 valence electrons. The predicted octanol–water partition coefficient (Wildman–Crippen LogP) is 2.29. The first-order valence-corrected chi connectivity index (χ1v) is 7.87. The van der Waals surface area contributed by atoms with Crippen LogP contribution in [0, 0.1) is 5.82 Å². The van der Waals surface area contributed by atoms with Crippen molar-refractivity contribution in [2.45, 2.75) is 39.3 Å². The summed E-state index contributed by atoms with van der Waals surface area (Å²) < 4.78 is 18.5. The SMILES string of the molecule is CN=C(NCC(=O)NC(C)(C)C)NCC(C)Oc1ccc(F)cc1.I. The number of benzene rings is 1. The van der Waals surface area contributed by atoms with Gasteiger partial charge in [-0.05, 0) is 52.0 Å². The van der Waals surface area contributed by atoms with Crippen LogP contribution in [-0.4, -0.2) is 43.6 Å². The van der Waals surface area contributed by atoms with Gasteiger partial charge in [0.2, 0.25) is 5.91 Å². The molecule has 0 aliphatic carbocycles. The monoisotopic (exact) mass is 466 g/mol. The molecule has 0 aliphatic rings. The molecule has 3 N–H and O–H groups in total. The predicted molar refractivity (Wildman–Crippen MR) is 109 cm³/mol. The van der Waals surface area contributed by atoms with Gasteiger partial charge in [-0.15, -0.1) is 24.0 Å². The Morgan fingerprint density at radius 1 is 1.24 bits per heavy atom. The van der Waals surface area contributed by atoms with Gasteiger partial charge in [-0.2, -0.15) is 0 Å². The molecule has 0 aliphatic heterocycles. The van der Waals surface area contributed by atoms with Gasteiger partial charge in [-0.3, -0.25) is 9.79 Å². The van der Waals surface area contributed by atoms with Crippen molar-refractivity contribution in [2.75, 3.05) is 20.1 Å². The number of amides is 1. The molecule has 1 aromatic carbocycles. The molecule has 8 heteroatoms. The largest absolute Gasteiger partial charge is 0.489 e. The minimum absolute atomic E-state index is 0. The first kappa shape index (κ1) is 23.4. The van der Waals surface area contributed by atoms with Crippen molar-refractivity contribution in [2.24, 2.45) is 4.99 Å². The molecule has 0 saturated carbocycles. The van der Waals surface area contributed by atoms with Crippen LogP contribution in [0.3, 0.4) is 0 Å². The average molecular weight is 466 g/mol. The highest BCUT2D eigenvalue weighted by Gasteiger charge is 2.14. The van der Waals surface area contributed by atoms with Gasteiger partial charge >= 0.3 is 0 Å². The lowest BCUT2D eigenvalue weighted by Gasteiger charge is -2.21. The topological polar surface area (TPSA) is 74.8 Å². The van der Waals surface area contributed by atoms with Crippen molar-refractivity contribution in [3.05, 3.63) is 30.1 Å². The molecule has 1 rings (SSSR count). The molecular weight excluding hydrogens is 438 g/mol. The lowest BCUT2D eigenvalue weighted by atomic mass is 10.1. The highest BCUT2D eigenvalue weighted by molar-refractivity contribution is 14.0. The highest BCUT2D eigenvalue weighted by Crippen LogP contribution is 2.12. The number of carbonyl (C=O) groups excluding carboxylic acids is 1. The van der Waals surface area contributed by atoms with Crippen molar-refractivity contribution in [3.8, 4) is 5.75 Å². The maximum atomic E-state index is 12.9. The van der Waals surface area contributed by atoms with Crippen molar-refractivity contribution in [3.63, 3.8) is 0 Å². The van der Waals surface area contributed by atoms with E-state index in [1.54, 1.807) is 19.2 Å². The number of nitrogens with zero attached hydrogens (tertiary/aromatic N) is 1. The number of nitrogens with one attached hydrogen (secondary N) is 3. The Morgan fingerprint density at radius 3 is 2.36 bits per heavy atom. The molecule has 0 spiro atoms. The molecule has 0 radical (unpaired) electrons. The number of hydrogen-bond donors (Lipinski definition) is 3. The van der Waals surface area contributed by atoms with E-state index in [1.165, 1.54) is 12.1 Å². The molecule has 1 aromatic rings. The van der Waals surface area contributed by atoms with Gasteiger partial charge in [-0.1, -0.05) is 0 Å². The summed E-state index contributed by atoms with van der Waals surface area (Å²) in [7, 11) is 1.63. The van der Waals surface area contributed by atoms with Gasteiger partial charge in [0.1, 0.15) is 17.7 Å². The molecule has 1 unspecified atom stereocenters. The maximum Gasteiger partial charge on any atom is 0.239 e. The fraction of sp³-hybridized carbons (Fsp3) is 0.529. The summed E-state index contributed by atoms with van der Waals surface area (Å²) in [5, 5.41) is 8.88. The molecule has 6 nitrogen and oxygen atoms in total. The zero-order valence-corrected chi connectivity index (χ0v) is 17.7. The van der Waals surface area contributed by atoms with Crippen LogP contribution in [0.25, 0.3) is 0 Å². The Bertz CT molecular complexity index is 559. The first-order valence-electron chi connectivity index (χ1n) is 7.87. The van der Waals surface area contributed by atoms with Gasteiger partial charge in [0.05, 0.1) is 13.1 Å². The Morgan fingerprint density at radius 2 is 1.84 bits per heavy atom. The van der Waals surface area contributed by atoms with Crippen LogP contribution in [0.4, 0.5) is 4.39 Å². The van der Waals surface area contributed by atoms with E-state index in [0.717, 1.165) is 0 Å². The van der Waals surface area contributed by atoms with Crippen molar-refractivity contribution in [1.29, 1.82) is 0 Å². The van der Waals surface area contributed by atoms with Gasteiger partial charge < -0.3 is 20.7 Å². The number of halogens is 2. The summed E-state index contributed by atoms with van der Waals surface area (Å²) in [6, 6.07) is 5.86. The molecule has 0 heterocycles. The second-order valence-electron chi connectivity index (χ2n) is 6.49. The van der Waals surface area contributed by atoms with E-state index in [0.29, 0.717) is 18.3 Å². The summed E-state index contributed by atoms with van der Waals surface area (Å²) in [4.78, 5) is 15.8. The van der Waals surface area contributed by atoms with Crippen LogP contribution in [0.1, 0.15) is 27.7 Å². The third-order valence-corrected chi connectivity index (χ3v) is 2.86. The van der Waals surface area contributed by atoms with Crippen LogP contribution in [0.2, 0.25) is 0 Å². The minimum atomic E-state index is -0.300. The number of carbonyl (C=O) groups is 1. The number of rotatable bonds is 6. The van der Waals surface area contributed by atoms with E-state index in [9.17, 15) is 9.18 Å². The van der Waals surface area contributed by atoms with E-state index in [-0.39, 0.29) is 53.9 Å². The third kappa shape index (κ3) is 10.8. The molecule has 25 heavy (non-hydrogen) atoms. The highest BCUT2D eigenvalue weighted by atomic mass is 127. The summed E-state index contributed by atoms with van der Waals surface area (Å²) in [5.74, 6) is 0.694. The summed E-state index contributed by atoms with van der Waals surface area (Å²) in [5.41, 5.74) is -0.271. The quantitative estimate of drug-likeness (QED) is 0.342. The van der Waals surface area contributed by atoms with Crippen LogP contribution in [0.15, 0.2) is 29.3 Å². The first-order chi connectivity index (χ1) is 11.2. The van der Waals surface area contributed by atoms with Gasteiger partial charge in [0.15, 0.2) is 5.96 Å². The molecular formula is C17H28FIN4O2. The summed E-state index contributed by atoms with van der Waals surface area (Å²) >= 11 is 0. The van der Waals surface area contributed by atoms with E-state index < -0.39 is 0 Å². The van der Waals surface area contributed by atoms with Crippen molar-refractivity contribution in [1.82, 2.24) is 16.0 Å². The zero-order valence-electron chi connectivity index (χ0n) is 15.4. The van der Waals surface area contributed by atoms with Gasteiger partial charge in [0.25, 0.3) is 0 Å². The lowest BCUT2D eigenvalue weighted by Crippen LogP contribution is -2.49. The van der Waals surface area contributed by atoms with E-state index in [4.69, 9.17) is 4.74 Å². The van der Waals surface area contributed by atoms with Crippen molar-refractivity contribution >= 4 is 35.8 Å². The van der Waals surface area contributed by atoms with E-state index in [2.05, 4.69) is 20.9 Å². The smallest absolute Gasteiger partial charge is 0.239 e. The van der Waals surface area contributed by atoms with Gasteiger partial charge in [-0.25, -0.2) is 4.39 Å². The minimum Gasteiger partial charge on any atom is -0.489 e. The van der Waals surface area contributed by atoms with E-state index >= 15 is 0 Å². The normalized spacial score (nSPS) is 12.6. The summed E-state index contributed by atoms with van der Waals surface area (Å²) in [6.07, 6.45) is -0.155. The summed E-state index contributed by atoms with van der Waals surface area (Å²) in [6.45, 7) is 8.27. The number of hydrogen-bond acceptors (Lipinski definition) is 3. The average Bonchev–Trinajstić information content (AvgIpc) is 2.48. The second-order valence-corrected chi connectivity index (χ2v) is 6.49. The van der Waals surface area contributed by atoms with Crippen molar-refractivity contribution < 1.29 is 13.9 Å². The molecule has 1 atom stereocenters. The van der Waals surface area contributed by atoms with Crippen LogP contribution < -0.4 is 20.7 Å². The Kier molecular flexibility index (Phi) is 10.4. The fourth-order valence-electron chi connectivity index (χ4n) is 1.87. The fourth-order valence-corrected chi connectivity index (χ4v) is 1.87. The van der Waals surface area contributed by atoms with Crippen LogP contribution >= 0.6 is 24.0 Å². The lowest BCUT2D eigenvalue weighted by molar-refractivity contribution is -0.121. The van der Waals surface area contributed by atoms with Crippen LogP contribution in [-0.2, 0) is 4.79 Å². The maximum absolute atomic E-state index is 12.9. The molecule has 0 fully saturated rings. The Hall–Kier alpha value is -1.58. The molecule has 0 bridgehead atoms. The molecule has 0 saturated heterocycles. The number of ether oxygens (including phenoxy) is 1. The number of aliphatic imine (C=N–C) groups is 1. The number of guanidine groups is 1. The van der Waals surface area contributed by atoms with E-state index in [1.807, 2.05) is 27.7 Å². The Balaban J connectivity index is 0.00000576. The van der Waals surface area contributed by atoms with Gasteiger partial charge in [0, 0.05) is 12.6 Å².